The van der Waals surface area contributed by atoms with Crippen LogP contribution in [0.3, 0.4) is 0 Å². The molecule has 0 bridgehead atoms. The van der Waals surface area contributed by atoms with Gasteiger partial charge in [0.05, 0.1) is 5.41 Å². The van der Waals surface area contributed by atoms with Gasteiger partial charge >= 0.3 is 0 Å². The summed E-state index contributed by atoms with van der Waals surface area (Å²) in [6, 6.07) is 90.4. The predicted molar refractivity (Wildman–Crippen MR) is 287 cm³/mol. The highest BCUT2D eigenvalue weighted by molar-refractivity contribution is 6.24. The summed E-state index contributed by atoms with van der Waals surface area (Å²) in [6.45, 7) is 0. The quantitative estimate of drug-likeness (QED) is 0.127. The summed E-state index contributed by atoms with van der Waals surface area (Å²) in [5.74, 6) is 0. The number of fused-ring (bicyclic) bond motifs is 16. The molecule has 0 N–H and O–H groups in total. The number of rotatable bonds is 4. The van der Waals surface area contributed by atoms with Crippen molar-refractivity contribution in [1.82, 2.24) is 0 Å². The highest BCUT2D eigenvalue weighted by atomic mass is 16.3. The first-order valence-corrected chi connectivity index (χ1v) is 23.7. The molecule has 0 radical (unpaired) electrons. The lowest BCUT2D eigenvalue weighted by atomic mass is 9.66. The van der Waals surface area contributed by atoms with E-state index in [-0.39, 0.29) is 0 Å². The lowest BCUT2D eigenvalue weighted by Gasteiger charge is -2.35. The van der Waals surface area contributed by atoms with Gasteiger partial charge in [-0.25, -0.2) is 0 Å². The van der Waals surface area contributed by atoms with Crippen molar-refractivity contribution < 1.29 is 4.42 Å². The van der Waals surface area contributed by atoms with Crippen LogP contribution in [0, 0.1) is 0 Å². The summed E-state index contributed by atoms with van der Waals surface area (Å²) in [4.78, 5) is 0. The molecule has 0 fully saturated rings. The van der Waals surface area contributed by atoms with Crippen LogP contribution >= 0.6 is 0 Å². The Morgan fingerprint density at radius 3 is 1.40 bits per heavy atom. The van der Waals surface area contributed by atoms with E-state index in [0.29, 0.717) is 0 Å². The van der Waals surface area contributed by atoms with Crippen molar-refractivity contribution in [1.29, 1.82) is 0 Å². The van der Waals surface area contributed by atoms with Gasteiger partial charge in [-0.2, -0.15) is 0 Å². The molecule has 0 amide bonds. The zero-order valence-electron chi connectivity index (χ0n) is 37.0. The molecule has 15 rings (SSSR count). The van der Waals surface area contributed by atoms with Crippen molar-refractivity contribution in [3.8, 4) is 33.4 Å². The smallest absolute Gasteiger partial charge is 0.143 e. The van der Waals surface area contributed by atoms with E-state index in [2.05, 4.69) is 243 Å². The van der Waals surface area contributed by atoms with E-state index in [1.54, 1.807) is 0 Å². The predicted octanol–water partition coefficient (Wildman–Crippen LogP) is 18.2. The molecule has 0 aliphatic heterocycles. The van der Waals surface area contributed by atoms with E-state index in [4.69, 9.17) is 4.42 Å². The first kappa shape index (κ1) is 37.4. The van der Waals surface area contributed by atoms with Crippen LogP contribution in [0.5, 0.6) is 0 Å². The standard InChI is InChI=1S/C67H40O/c1-3-18-46(19-4-1)67(47-20-5-2-6-21-47)60-40-45-37-43(32-31-42(45)38-59(60)64-51-25-11-9-23-49(51)50-24-10-16-30-56(50)65(64)67)62-52-26-12-14-28-54(52)63(55-29-15-13-27-53(55)62)44-34-36-61-58(39-44)57-35-33-41-17-7-8-22-48(41)66(57)68-61/h1-40H. The summed E-state index contributed by atoms with van der Waals surface area (Å²) in [5, 5.41) is 17.1. The molecule has 1 aliphatic carbocycles. The molecule has 1 heterocycles. The van der Waals surface area contributed by atoms with Gasteiger partial charge in [0, 0.05) is 16.2 Å². The maximum absolute atomic E-state index is 6.59. The Balaban J connectivity index is 0.997. The number of furan rings is 1. The van der Waals surface area contributed by atoms with Gasteiger partial charge in [-0.05, 0) is 151 Å². The molecular weight excluding hydrogens is 821 g/mol. The fourth-order valence-electron chi connectivity index (χ4n) is 12.5. The normalized spacial score (nSPS) is 13.1. The van der Waals surface area contributed by atoms with Crippen LogP contribution in [-0.2, 0) is 5.41 Å². The lowest BCUT2D eigenvalue weighted by Crippen LogP contribution is -2.28. The Bertz CT molecular complexity index is 4330. The van der Waals surface area contributed by atoms with Crippen LogP contribution in [0.2, 0.25) is 0 Å². The minimum Gasteiger partial charge on any atom is -0.455 e. The highest BCUT2D eigenvalue weighted by Gasteiger charge is 2.48. The molecular formula is C67H40O. The molecule has 1 aromatic heterocycles. The maximum atomic E-state index is 6.59. The fourth-order valence-corrected chi connectivity index (χ4v) is 12.5. The van der Waals surface area contributed by atoms with Gasteiger partial charge in [0.15, 0.2) is 0 Å². The van der Waals surface area contributed by atoms with Crippen molar-refractivity contribution in [2.45, 2.75) is 5.41 Å². The molecule has 1 nitrogen and oxygen atoms in total. The molecule has 0 saturated heterocycles. The fraction of sp³-hybridized carbons (Fsp3) is 0.0149. The maximum Gasteiger partial charge on any atom is 0.143 e. The molecule has 0 saturated carbocycles. The van der Waals surface area contributed by atoms with E-state index in [1.807, 2.05) is 0 Å². The van der Waals surface area contributed by atoms with Crippen LogP contribution in [0.4, 0.5) is 0 Å². The Hall–Kier alpha value is -8.78. The average Bonchev–Trinajstić information content (AvgIpc) is 3.94. The monoisotopic (exact) mass is 860 g/mol. The Labute approximate surface area is 392 Å². The van der Waals surface area contributed by atoms with Crippen molar-refractivity contribution in [3.05, 3.63) is 265 Å². The zero-order valence-corrected chi connectivity index (χ0v) is 37.0. The van der Waals surface area contributed by atoms with Gasteiger partial charge < -0.3 is 4.42 Å². The van der Waals surface area contributed by atoms with Crippen LogP contribution in [0.1, 0.15) is 22.3 Å². The van der Waals surface area contributed by atoms with Crippen LogP contribution in [0.15, 0.2) is 247 Å². The molecule has 314 valence electrons. The molecule has 0 unspecified atom stereocenters. The third kappa shape index (κ3) is 5.05. The molecule has 1 heteroatoms. The van der Waals surface area contributed by atoms with E-state index < -0.39 is 5.41 Å². The van der Waals surface area contributed by atoms with Crippen molar-refractivity contribution in [2.75, 3.05) is 0 Å². The molecule has 0 spiro atoms. The van der Waals surface area contributed by atoms with E-state index >= 15 is 0 Å². The van der Waals surface area contributed by atoms with E-state index in [9.17, 15) is 0 Å². The van der Waals surface area contributed by atoms with Gasteiger partial charge in [0.25, 0.3) is 0 Å². The van der Waals surface area contributed by atoms with Crippen molar-refractivity contribution >= 4 is 86.6 Å². The van der Waals surface area contributed by atoms with Gasteiger partial charge in [0.2, 0.25) is 0 Å². The van der Waals surface area contributed by atoms with Gasteiger partial charge in [-0.3, -0.25) is 0 Å². The van der Waals surface area contributed by atoms with Gasteiger partial charge in [0.1, 0.15) is 11.2 Å². The van der Waals surface area contributed by atoms with Gasteiger partial charge in [-0.15, -0.1) is 0 Å². The van der Waals surface area contributed by atoms with Crippen LogP contribution in [-0.4, -0.2) is 0 Å². The second kappa shape index (κ2) is 14.1. The largest absolute Gasteiger partial charge is 0.455 e. The lowest BCUT2D eigenvalue weighted by molar-refractivity contribution is 0.672. The molecule has 14 aromatic rings. The molecule has 68 heavy (non-hydrogen) atoms. The topological polar surface area (TPSA) is 13.1 Å². The first-order chi connectivity index (χ1) is 33.7. The SMILES string of the molecule is c1ccc(C2(c3ccccc3)c3cc4cc(-c5c6ccccc6c(-c6ccc7oc8c9ccccc9ccc8c7c6)c6ccccc56)ccc4cc3-c3c2c2ccccc2c2ccccc32)cc1. The summed E-state index contributed by atoms with van der Waals surface area (Å²) in [7, 11) is 0. The molecule has 0 atom stereocenters. The van der Waals surface area contributed by atoms with Crippen molar-refractivity contribution in [3.63, 3.8) is 0 Å². The second-order valence-corrected chi connectivity index (χ2v) is 18.6. The summed E-state index contributed by atoms with van der Waals surface area (Å²) in [5.41, 5.74) is 14.0. The first-order valence-electron chi connectivity index (χ1n) is 23.7. The highest BCUT2D eigenvalue weighted by Crippen LogP contribution is 2.61. The van der Waals surface area contributed by atoms with Crippen LogP contribution < -0.4 is 0 Å². The number of hydrogen-bond donors (Lipinski definition) is 0. The Morgan fingerprint density at radius 1 is 0.279 bits per heavy atom. The zero-order chi connectivity index (χ0) is 44.5. The summed E-state index contributed by atoms with van der Waals surface area (Å²) < 4.78 is 6.59. The average molecular weight is 861 g/mol. The van der Waals surface area contributed by atoms with Gasteiger partial charge in [-0.1, -0.05) is 206 Å². The second-order valence-electron chi connectivity index (χ2n) is 18.6. The third-order valence-electron chi connectivity index (χ3n) is 15.2. The summed E-state index contributed by atoms with van der Waals surface area (Å²) in [6.07, 6.45) is 0. The van der Waals surface area contributed by atoms with Crippen molar-refractivity contribution in [2.24, 2.45) is 0 Å². The minimum absolute atomic E-state index is 0.573. The molecule has 1 aliphatic rings. The van der Waals surface area contributed by atoms with Crippen LogP contribution in [0.25, 0.3) is 120 Å². The Morgan fingerprint density at radius 2 is 0.765 bits per heavy atom. The molecule has 13 aromatic carbocycles. The third-order valence-corrected chi connectivity index (χ3v) is 15.2. The minimum atomic E-state index is -0.573. The summed E-state index contributed by atoms with van der Waals surface area (Å²) >= 11 is 0. The Kier molecular flexibility index (Phi) is 7.77. The number of benzene rings is 13. The van der Waals surface area contributed by atoms with E-state index in [1.165, 1.54) is 115 Å². The number of hydrogen-bond acceptors (Lipinski definition) is 1. The van der Waals surface area contributed by atoms with E-state index in [0.717, 1.165) is 27.3 Å².